The number of nitrogens with zero attached hydrogens (tertiary/aromatic N) is 1. The Balaban J connectivity index is 2.31. The van der Waals surface area contributed by atoms with Gasteiger partial charge in [0.2, 0.25) is 10.0 Å². The third-order valence-corrected chi connectivity index (χ3v) is 7.39. The molecule has 1 aliphatic heterocycles. The largest absolute Gasteiger partial charge is 0.224 e. The fourth-order valence-electron chi connectivity index (χ4n) is 2.39. The normalized spacial score (nSPS) is 28.4. The Morgan fingerprint density at radius 2 is 1.89 bits per heavy atom. The summed E-state index contributed by atoms with van der Waals surface area (Å²) in [6.45, 7) is 2.79. The lowest BCUT2D eigenvalue weighted by Gasteiger charge is -2.34. The maximum absolute atomic E-state index is 12.8. The van der Waals surface area contributed by atoms with E-state index in [0.29, 0.717) is 24.8 Å². The van der Waals surface area contributed by atoms with E-state index in [1.807, 2.05) is 31.2 Å². The number of sulfonamides is 1. The minimum absolute atomic E-state index is 0.491. The van der Waals surface area contributed by atoms with Crippen LogP contribution < -0.4 is 0 Å². The van der Waals surface area contributed by atoms with Crippen LogP contribution >= 0.6 is 31.9 Å². The van der Waals surface area contributed by atoms with Gasteiger partial charge < -0.3 is 0 Å². The predicted octanol–water partition coefficient (Wildman–Crippen LogP) is 2.99. The van der Waals surface area contributed by atoms with Gasteiger partial charge in [-0.1, -0.05) is 61.7 Å². The summed E-state index contributed by atoms with van der Waals surface area (Å²) in [4.78, 5) is 0. The zero-order valence-corrected chi connectivity index (χ0v) is 14.8. The summed E-state index contributed by atoms with van der Waals surface area (Å²) in [5.41, 5.74) is 2.32. The maximum Gasteiger partial charge on any atom is 0.224 e. The quantitative estimate of drug-likeness (QED) is 0.527. The topological polar surface area (TPSA) is 37.4 Å². The SMILES string of the molecule is CC1(S(=O)(=O)N2CC=CC2)C=CC(CBr)=C(CBr)C1. The minimum atomic E-state index is -3.32. The van der Waals surface area contributed by atoms with E-state index in [1.165, 1.54) is 5.57 Å². The second kappa shape index (κ2) is 5.84. The van der Waals surface area contributed by atoms with E-state index in [-0.39, 0.29) is 0 Å². The van der Waals surface area contributed by atoms with Crippen molar-refractivity contribution >= 4 is 41.9 Å². The van der Waals surface area contributed by atoms with Crippen LogP contribution in [0.3, 0.4) is 0 Å². The predicted molar refractivity (Wildman–Crippen MR) is 86.4 cm³/mol. The third-order valence-electron chi connectivity index (χ3n) is 3.67. The molecular formula is C13H17Br2NO2S. The number of halogens is 2. The van der Waals surface area contributed by atoms with Crippen LogP contribution in [0.25, 0.3) is 0 Å². The lowest BCUT2D eigenvalue weighted by molar-refractivity contribution is 0.459. The van der Waals surface area contributed by atoms with Crippen LogP contribution in [0.2, 0.25) is 0 Å². The van der Waals surface area contributed by atoms with Gasteiger partial charge in [-0.3, -0.25) is 0 Å². The van der Waals surface area contributed by atoms with Crippen LogP contribution in [-0.2, 0) is 10.0 Å². The molecule has 0 saturated carbocycles. The van der Waals surface area contributed by atoms with Gasteiger partial charge in [-0.25, -0.2) is 8.42 Å². The molecular weight excluding hydrogens is 394 g/mol. The van der Waals surface area contributed by atoms with Crippen molar-refractivity contribution in [2.45, 2.75) is 18.1 Å². The molecule has 106 valence electrons. The summed E-state index contributed by atoms with van der Waals surface area (Å²) < 4.78 is 26.2. The van der Waals surface area contributed by atoms with Crippen LogP contribution in [0.5, 0.6) is 0 Å². The van der Waals surface area contributed by atoms with Crippen LogP contribution in [0.4, 0.5) is 0 Å². The lowest BCUT2D eigenvalue weighted by Crippen LogP contribution is -2.45. The fraction of sp³-hybridized carbons (Fsp3) is 0.538. The molecule has 0 N–H and O–H groups in total. The molecule has 2 aliphatic rings. The first-order valence-electron chi connectivity index (χ1n) is 6.11. The number of hydrogen-bond donors (Lipinski definition) is 0. The molecule has 0 aromatic rings. The number of rotatable bonds is 4. The molecule has 0 fully saturated rings. The van der Waals surface area contributed by atoms with Crippen LogP contribution in [-0.4, -0.2) is 41.2 Å². The Kier molecular flexibility index (Phi) is 4.75. The second-order valence-electron chi connectivity index (χ2n) is 5.01. The van der Waals surface area contributed by atoms with E-state index >= 15 is 0 Å². The Morgan fingerprint density at radius 1 is 1.26 bits per heavy atom. The Bertz CT molecular complexity index is 543. The molecule has 19 heavy (non-hydrogen) atoms. The van der Waals surface area contributed by atoms with Gasteiger partial charge in [0.1, 0.15) is 4.75 Å². The van der Waals surface area contributed by atoms with Crippen LogP contribution in [0.1, 0.15) is 13.3 Å². The van der Waals surface area contributed by atoms with E-state index in [0.717, 1.165) is 10.9 Å². The van der Waals surface area contributed by atoms with Crippen molar-refractivity contribution in [1.29, 1.82) is 0 Å². The molecule has 0 aromatic heterocycles. The van der Waals surface area contributed by atoms with Gasteiger partial charge >= 0.3 is 0 Å². The molecule has 0 bridgehead atoms. The first kappa shape index (κ1) is 15.5. The fourth-order valence-corrected chi connectivity index (χ4v) is 5.28. The molecule has 0 saturated heterocycles. The highest BCUT2D eigenvalue weighted by atomic mass is 79.9. The van der Waals surface area contributed by atoms with Gasteiger partial charge in [0, 0.05) is 23.7 Å². The van der Waals surface area contributed by atoms with Crippen molar-refractivity contribution in [3.63, 3.8) is 0 Å². The molecule has 0 amide bonds. The van der Waals surface area contributed by atoms with Crippen LogP contribution in [0.15, 0.2) is 35.5 Å². The van der Waals surface area contributed by atoms with E-state index in [1.54, 1.807) is 4.31 Å². The summed E-state index contributed by atoms with van der Waals surface area (Å²) in [7, 11) is -3.32. The van der Waals surface area contributed by atoms with E-state index in [9.17, 15) is 8.42 Å². The molecule has 1 aliphatic carbocycles. The lowest BCUT2D eigenvalue weighted by atomic mass is 9.92. The Hall–Kier alpha value is 0.0900. The van der Waals surface area contributed by atoms with Crippen molar-refractivity contribution < 1.29 is 8.42 Å². The molecule has 2 rings (SSSR count). The zero-order chi connectivity index (χ0) is 14.1. The average Bonchev–Trinajstić information content (AvgIpc) is 2.93. The van der Waals surface area contributed by atoms with E-state index in [4.69, 9.17) is 0 Å². The standard InChI is InChI=1S/C13H17Br2NO2S/c1-13(19(17,18)16-6-2-3-7-16)5-4-11(9-14)12(8-13)10-15/h2-5H,6-10H2,1H3. The Morgan fingerprint density at radius 3 is 2.42 bits per heavy atom. The monoisotopic (exact) mass is 409 g/mol. The number of alkyl halides is 2. The molecule has 0 spiro atoms. The third kappa shape index (κ3) is 2.77. The molecule has 1 unspecified atom stereocenters. The second-order valence-corrected chi connectivity index (χ2v) is 8.53. The van der Waals surface area contributed by atoms with Crippen molar-refractivity contribution in [2.75, 3.05) is 23.7 Å². The molecule has 1 atom stereocenters. The van der Waals surface area contributed by atoms with Crippen molar-refractivity contribution in [3.05, 3.63) is 35.5 Å². The molecule has 6 heteroatoms. The van der Waals surface area contributed by atoms with E-state index in [2.05, 4.69) is 31.9 Å². The molecule has 3 nitrogen and oxygen atoms in total. The number of hydrogen-bond acceptors (Lipinski definition) is 2. The Labute approximate surface area is 131 Å². The smallest absolute Gasteiger partial charge is 0.211 e. The highest BCUT2D eigenvalue weighted by Gasteiger charge is 2.43. The van der Waals surface area contributed by atoms with Gasteiger partial charge in [-0.05, 0) is 18.9 Å². The summed E-state index contributed by atoms with van der Waals surface area (Å²) in [6, 6.07) is 0. The van der Waals surface area contributed by atoms with E-state index < -0.39 is 14.8 Å². The zero-order valence-electron chi connectivity index (χ0n) is 10.8. The van der Waals surface area contributed by atoms with Crippen molar-refractivity contribution in [3.8, 4) is 0 Å². The average molecular weight is 411 g/mol. The summed E-state index contributed by atoms with van der Waals surface area (Å²) in [6.07, 6.45) is 8.13. The van der Waals surface area contributed by atoms with Gasteiger partial charge in [0.25, 0.3) is 0 Å². The first-order valence-corrected chi connectivity index (χ1v) is 9.79. The molecule has 0 radical (unpaired) electrons. The highest BCUT2D eigenvalue weighted by Crippen LogP contribution is 2.36. The van der Waals surface area contributed by atoms with Crippen LogP contribution in [0, 0.1) is 0 Å². The summed E-state index contributed by atoms with van der Waals surface area (Å²) >= 11 is 6.91. The van der Waals surface area contributed by atoms with Gasteiger partial charge in [0.05, 0.1) is 0 Å². The van der Waals surface area contributed by atoms with Gasteiger partial charge in [-0.2, -0.15) is 4.31 Å². The van der Waals surface area contributed by atoms with Crippen molar-refractivity contribution in [1.82, 2.24) is 4.31 Å². The van der Waals surface area contributed by atoms with Crippen molar-refractivity contribution in [2.24, 2.45) is 0 Å². The highest BCUT2D eigenvalue weighted by molar-refractivity contribution is 9.09. The van der Waals surface area contributed by atoms with Gasteiger partial charge in [0.15, 0.2) is 0 Å². The first-order chi connectivity index (χ1) is 8.94. The maximum atomic E-state index is 12.8. The summed E-state index contributed by atoms with van der Waals surface area (Å²) in [5, 5.41) is 1.47. The number of allylic oxidation sites excluding steroid dienone is 3. The summed E-state index contributed by atoms with van der Waals surface area (Å²) in [5.74, 6) is 0. The van der Waals surface area contributed by atoms with Gasteiger partial charge in [-0.15, -0.1) is 0 Å². The molecule has 1 heterocycles. The molecule has 0 aromatic carbocycles. The minimum Gasteiger partial charge on any atom is -0.211 e.